The highest BCUT2D eigenvalue weighted by Gasteiger charge is 2.09. The van der Waals surface area contributed by atoms with Crippen LogP contribution in [-0.2, 0) is 12.8 Å². The van der Waals surface area contributed by atoms with Crippen LogP contribution in [0.4, 0.5) is 0 Å². The van der Waals surface area contributed by atoms with Gasteiger partial charge in [-0.15, -0.1) is 22.7 Å². The molecular weight excluding hydrogens is 308 g/mol. The molecule has 0 amide bonds. The lowest BCUT2D eigenvalue weighted by Crippen LogP contribution is -1.88. The van der Waals surface area contributed by atoms with Gasteiger partial charge in [0.25, 0.3) is 0 Å². The number of aromatic nitrogens is 2. The second kappa shape index (κ2) is 10.1. The predicted molar refractivity (Wildman–Crippen MR) is 98.9 cm³/mol. The summed E-state index contributed by atoms with van der Waals surface area (Å²) in [5.41, 5.74) is 2.49. The Kier molecular flexibility index (Phi) is 8.10. The van der Waals surface area contributed by atoms with Crippen molar-refractivity contribution in [1.82, 2.24) is 9.97 Å². The van der Waals surface area contributed by atoms with Gasteiger partial charge in [-0.25, -0.2) is 9.97 Å². The Morgan fingerprint density at radius 3 is 1.55 bits per heavy atom. The lowest BCUT2D eigenvalue weighted by atomic mass is 10.1. The second-order valence-electron chi connectivity index (χ2n) is 5.91. The molecule has 0 N–H and O–H groups in total. The van der Waals surface area contributed by atoms with Gasteiger partial charge in [0.1, 0.15) is 0 Å². The van der Waals surface area contributed by atoms with Crippen molar-refractivity contribution >= 4 is 22.7 Å². The van der Waals surface area contributed by atoms with Gasteiger partial charge in [0.2, 0.25) is 0 Å². The van der Waals surface area contributed by atoms with Crippen LogP contribution in [0.2, 0.25) is 0 Å². The maximum absolute atomic E-state index is 4.77. The van der Waals surface area contributed by atoms with Crippen molar-refractivity contribution in [2.24, 2.45) is 0 Å². The van der Waals surface area contributed by atoms with Crippen LogP contribution in [0.25, 0.3) is 10.0 Å². The third-order valence-corrected chi connectivity index (χ3v) is 5.78. The van der Waals surface area contributed by atoms with Crippen LogP contribution in [0.1, 0.15) is 76.6 Å². The van der Waals surface area contributed by atoms with E-state index in [0.717, 1.165) is 22.9 Å². The van der Waals surface area contributed by atoms with Crippen LogP contribution in [0.5, 0.6) is 0 Å². The fourth-order valence-electron chi connectivity index (χ4n) is 2.51. The van der Waals surface area contributed by atoms with Crippen LogP contribution in [0, 0.1) is 0 Å². The molecule has 0 unspecified atom stereocenters. The predicted octanol–water partition coefficient (Wildman–Crippen LogP) is 6.51. The second-order valence-corrected chi connectivity index (χ2v) is 7.63. The molecule has 0 fully saturated rings. The first-order chi connectivity index (χ1) is 10.8. The van der Waals surface area contributed by atoms with E-state index in [1.165, 1.54) is 62.8 Å². The number of hydrogen-bond acceptors (Lipinski definition) is 4. The molecule has 4 heteroatoms. The molecular formula is C18H28N2S2. The SMILES string of the molecule is CCCCCCc1csc(-c2nc(CCCCCC)cs2)n1. The standard InChI is InChI=1S/C18H28N2S2/c1-3-5-7-9-11-15-13-21-17(19-15)18-20-16(14-22-18)12-10-8-6-4-2/h13-14H,3-12H2,1-2H3. The monoisotopic (exact) mass is 336 g/mol. The highest BCUT2D eigenvalue weighted by Crippen LogP contribution is 2.28. The summed E-state index contributed by atoms with van der Waals surface area (Å²) in [5.74, 6) is 0. The molecule has 2 rings (SSSR count). The van der Waals surface area contributed by atoms with E-state index in [0.29, 0.717) is 0 Å². The van der Waals surface area contributed by atoms with Crippen LogP contribution in [0.3, 0.4) is 0 Å². The zero-order valence-corrected chi connectivity index (χ0v) is 15.6. The van der Waals surface area contributed by atoms with Gasteiger partial charge >= 0.3 is 0 Å². The van der Waals surface area contributed by atoms with Crippen LogP contribution in [0.15, 0.2) is 10.8 Å². The van der Waals surface area contributed by atoms with Gasteiger partial charge < -0.3 is 0 Å². The molecule has 0 aliphatic carbocycles. The van der Waals surface area contributed by atoms with Gasteiger partial charge in [-0.05, 0) is 25.7 Å². The van der Waals surface area contributed by atoms with E-state index in [9.17, 15) is 0 Å². The van der Waals surface area contributed by atoms with Crippen LogP contribution < -0.4 is 0 Å². The minimum Gasteiger partial charge on any atom is -0.239 e. The molecule has 0 atom stereocenters. The summed E-state index contributed by atoms with van der Waals surface area (Å²) < 4.78 is 0. The van der Waals surface area contributed by atoms with E-state index in [2.05, 4.69) is 24.6 Å². The Morgan fingerprint density at radius 1 is 0.682 bits per heavy atom. The van der Waals surface area contributed by atoms with Crippen molar-refractivity contribution < 1.29 is 0 Å². The fourth-order valence-corrected chi connectivity index (χ4v) is 4.26. The molecule has 0 spiro atoms. The quantitative estimate of drug-likeness (QED) is 0.437. The first-order valence-corrected chi connectivity index (χ1v) is 10.5. The lowest BCUT2D eigenvalue weighted by molar-refractivity contribution is 0.661. The van der Waals surface area contributed by atoms with Gasteiger partial charge in [-0.1, -0.05) is 52.4 Å². The largest absolute Gasteiger partial charge is 0.239 e. The molecule has 0 saturated carbocycles. The molecule has 0 radical (unpaired) electrons. The molecule has 2 aromatic rings. The molecule has 2 nitrogen and oxygen atoms in total. The van der Waals surface area contributed by atoms with Crippen LogP contribution >= 0.6 is 22.7 Å². The third kappa shape index (κ3) is 5.81. The van der Waals surface area contributed by atoms with Crippen molar-refractivity contribution in [1.29, 1.82) is 0 Å². The van der Waals surface area contributed by atoms with Gasteiger partial charge in [-0.2, -0.15) is 0 Å². The zero-order valence-electron chi connectivity index (χ0n) is 13.9. The normalized spacial score (nSPS) is 11.2. The minimum atomic E-state index is 1.11. The van der Waals surface area contributed by atoms with Crippen molar-refractivity contribution in [2.45, 2.75) is 78.1 Å². The number of hydrogen-bond donors (Lipinski definition) is 0. The average molecular weight is 337 g/mol. The Bertz CT molecular complexity index is 482. The number of aryl methyl sites for hydroxylation is 2. The Balaban J connectivity index is 1.81. The van der Waals surface area contributed by atoms with E-state index in [4.69, 9.17) is 9.97 Å². The summed E-state index contributed by atoms with van der Waals surface area (Å²) in [6, 6.07) is 0. The van der Waals surface area contributed by atoms with Gasteiger partial charge in [-0.3, -0.25) is 0 Å². The molecule has 0 aromatic carbocycles. The van der Waals surface area contributed by atoms with Crippen molar-refractivity contribution in [2.75, 3.05) is 0 Å². The van der Waals surface area contributed by atoms with Crippen molar-refractivity contribution in [3.05, 3.63) is 22.1 Å². The highest BCUT2D eigenvalue weighted by atomic mass is 32.1. The number of nitrogens with zero attached hydrogens (tertiary/aromatic N) is 2. The van der Waals surface area contributed by atoms with E-state index in [-0.39, 0.29) is 0 Å². The lowest BCUT2D eigenvalue weighted by Gasteiger charge is -1.96. The molecule has 0 aliphatic rings. The Labute approximate surface area is 143 Å². The first kappa shape index (κ1) is 17.6. The highest BCUT2D eigenvalue weighted by molar-refractivity contribution is 7.19. The topological polar surface area (TPSA) is 25.8 Å². The fraction of sp³-hybridized carbons (Fsp3) is 0.667. The molecule has 0 aliphatic heterocycles. The zero-order chi connectivity index (χ0) is 15.6. The average Bonchev–Trinajstić information content (AvgIpc) is 3.17. The summed E-state index contributed by atoms with van der Waals surface area (Å²) in [7, 11) is 0. The summed E-state index contributed by atoms with van der Waals surface area (Å²) in [6.07, 6.45) is 12.7. The van der Waals surface area contributed by atoms with Crippen molar-refractivity contribution in [3.63, 3.8) is 0 Å². The smallest absolute Gasteiger partial charge is 0.152 e. The van der Waals surface area contributed by atoms with E-state index in [1.54, 1.807) is 22.7 Å². The molecule has 2 heterocycles. The minimum absolute atomic E-state index is 1.11. The first-order valence-electron chi connectivity index (χ1n) is 8.72. The summed E-state index contributed by atoms with van der Waals surface area (Å²) in [5, 5.41) is 6.64. The summed E-state index contributed by atoms with van der Waals surface area (Å²) >= 11 is 3.50. The molecule has 0 bridgehead atoms. The molecule has 22 heavy (non-hydrogen) atoms. The Hall–Kier alpha value is -0.740. The van der Waals surface area contributed by atoms with E-state index in [1.807, 2.05) is 0 Å². The van der Waals surface area contributed by atoms with Gasteiger partial charge in [0.15, 0.2) is 10.0 Å². The Morgan fingerprint density at radius 2 is 1.14 bits per heavy atom. The van der Waals surface area contributed by atoms with Crippen molar-refractivity contribution in [3.8, 4) is 10.0 Å². The summed E-state index contributed by atoms with van der Waals surface area (Å²) in [6.45, 7) is 4.51. The van der Waals surface area contributed by atoms with Crippen LogP contribution in [-0.4, -0.2) is 9.97 Å². The number of rotatable bonds is 11. The van der Waals surface area contributed by atoms with Gasteiger partial charge in [0, 0.05) is 10.8 Å². The molecule has 2 aromatic heterocycles. The maximum Gasteiger partial charge on any atom is 0.152 e. The maximum atomic E-state index is 4.77. The van der Waals surface area contributed by atoms with E-state index >= 15 is 0 Å². The number of unbranched alkanes of at least 4 members (excludes halogenated alkanes) is 6. The van der Waals surface area contributed by atoms with Gasteiger partial charge in [0.05, 0.1) is 11.4 Å². The summed E-state index contributed by atoms with van der Waals surface area (Å²) in [4.78, 5) is 9.54. The molecule has 0 saturated heterocycles. The molecule has 122 valence electrons. The third-order valence-electron chi connectivity index (χ3n) is 3.86. The van der Waals surface area contributed by atoms with E-state index < -0.39 is 0 Å². The number of thiazole rings is 2.